The van der Waals surface area contributed by atoms with Gasteiger partial charge in [-0.05, 0) is 50.8 Å². The van der Waals surface area contributed by atoms with E-state index in [4.69, 9.17) is 0 Å². The lowest BCUT2D eigenvalue weighted by Gasteiger charge is -2.18. The Balaban J connectivity index is 1.56. The number of nitrogens with zero attached hydrogens (tertiary/aromatic N) is 4. The van der Waals surface area contributed by atoms with Gasteiger partial charge < -0.3 is 4.90 Å². The van der Waals surface area contributed by atoms with Gasteiger partial charge in [-0.1, -0.05) is 18.2 Å². The van der Waals surface area contributed by atoms with Gasteiger partial charge in [0.25, 0.3) is 0 Å². The largest absolute Gasteiger partial charge is 0.312 e. The van der Waals surface area contributed by atoms with Crippen LogP contribution in [0.15, 0.2) is 30.3 Å². The average molecular weight is 334 g/mol. The van der Waals surface area contributed by atoms with Crippen LogP contribution in [0.2, 0.25) is 0 Å². The molecule has 4 rings (SSSR count). The van der Waals surface area contributed by atoms with Gasteiger partial charge in [-0.3, -0.25) is 4.79 Å². The lowest BCUT2D eigenvalue weighted by atomic mass is 10.1. The molecule has 0 atom stereocenters. The fourth-order valence-electron chi connectivity index (χ4n) is 3.77. The van der Waals surface area contributed by atoms with Crippen molar-refractivity contribution >= 4 is 17.2 Å². The van der Waals surface area contributed by atoms with Crippen LogP contribution in [-0.4, -0.2) is 27.0 Å². The van der Waals surface area contributed by atoms with E-state index in [1.54, 1.807) is 0 Å². The van der Waals surface area contributed by atoms with Crippen molar-refractivity contribution in [3.05, 3.63) is 58.5 Å². The molecular formula is C20H22N4O. The lowest BCUT2D eigenvalue weighted by molar-refractivity contribution is -0.118. The van der Waals surface area contributed by atoms with E-state index in [0.29, 0.717) is 12.8 Å². The van der Waals surface area contributed by atoms with E-state index >= 15 is 0 Å². The van der Waals surface area contributed by atoms with Crippen LogP contribution in [-0.2, 0) is 17.6 Å². The molecule has 0 fully saturated rings. The van der Waals surface area contributed by atoms with Gasteiger partial charge in [0.1, 0.15) is 0 Å². The predicted molar refractivity (Wildman–Crippen MR) is 98.0 cm³/mol. The van der Waals surface area contributed by atoms with E-state index in [2.05, 4.69) is 23.1 Å². The highest BCUT2D eigenvalue weighted by molar-refractivity contribution is 5.95. The number of carbonyl (C=O) groups excluding carboxylic acids is 1. The van der Waals surface area contributed by atoms with Gasteiger partial charge in [0.2, 0.25) is 5.91 Å². The molecule has 1 aliphatic heterocycles. The number of fused-ring (bicyclic) bond motifs is 2. The molecule has 3 heterocycles. The van der Waals surface area contributed by atoms with Gasteiger partial charge in [0.05, 0.1) is 5.69 Å². The number of para-hydroxylation sites is 1. The van der Waals surface area contributed by atoms with Crippen molar-refractivity contribution in [3.63, 3.8) is 0 Å². The summed E-state index contributed by atoms with van der Waals surface area (Å²) in [7, 11) is 0. The maximum Gasteiger partial charge on any atom is 0.227 e. The van der Waals surface area contributed by atoms with Crippen molar-refractivity contribution in [2.75, 3.05) is 11.4 Å². The van der Waals surface area contributed by atoms with Crippen LogP contribution in [0.5, 0.6) is 0 Å². The predicted octanol–water partition coefficient (Wildman–Crippen LogP) is 3.18. The number of rotatable bonds is 3. The summed E-state index contributed by atoms with van der Waals surface area (Å²) in [5.74, 6) is 0.181. The van der Waals surface area contributed by atoms with Gasteiger partial charge in [-0.15, -0.1) is 0 Å². The van der Waals surface area contributed by atoms with Crippen molar-refractivity contribution in [2.24, 2.45) is 0 Å². The summed E-state index contributed by atoms with van der Waals surface area (Å²) in [6, 6.07) is 10.2. The Morgan fingerprint density at radius 2 is 2.00 bits per heavy atom. The third kappa shape index (κ3) is 2.69. The molecule has 0 radical (unpaired) electrons. The van der Waals surface area contributed by atoms with Crippen molar-refractivity contribution in [2.45, 2.75) is 40.0 Å². The Labute approximate surface area is 147 Å². The zero-order chi connectivity index (χ0) is 17.6. The monoisotopic (exact) mass is 334 g/mol. The second kappa shape index (κ2) is 5.99. The fourth-order valence-corrected chi connectivity index (χ4v) is 3.77. The fraction of sp³-hybridized carbons (Fsp3) is 0.350. The number of carbonyl (C=O) groups is 1. The van der Waals surface area contributed by atoms with Crippen LogP contribution >= 0.6 is 0 Å². The normalized spacial score (nSPS) is 13.5. The number of amides is 1. The first kappa shape index (κ1) is 15.8. The average Bonchev–Trinajstić information content (AvgIpc) is 3.17. The summed E-state index contributed by atoms with van der Waals surface area (Å²) < 4.78 is 1.88. The van der Waals surface area contributed by atoms with E-state index in [0.717, 1.165) is 46.9 Å². The second-order valence-corrected chi connectivity index (χ2v) is 6.74. The molecule has 0 spiro atoms. The minimum Gasteiger partial charge on any atom is -0.312 e. The van der Waals surface area contributed by atoms with Gasteiger partial charge in [-0.2, -0.15) is 5.10 Å². The highest BCUT2D eigenvalue weighted by atomic mass is 16.2. The van der Waals surface area contributed by atoms with Crippen molar-refractivity contribution in [1.29, 1.82) is 0 Å². The Morgan fingerprint density at radius 3 is 2.84 bits per heavy atom. The SMILES string of the molecule is Cc1cc2nc(C)c(CCC(=O)N3CCc4ccccc43)c(C)n2n1. The molecule has 0 N–H and O–H groups in total. The van der Waals surface area contributed by atoms with Crippen LogP contribution < -0.4 is 4.90 Å². The molecule has 0 aliphatic carbocycles. The first-order valence-corrected chi connectivity index (χ1v) is 8.75. The molecule has 1 amide bonds. The molecule has 0 bridgehead atoms. The molecule has 5 heteroatoms. The van der Waals surface area contributed by atoms with Crippen LogP contribution in [0.4, 0.5) is 5.69 Å². The minimum absolute atomic E-state index is 0.181. The highest BCUT2D eigenvalue weighted by Crippen LogP contribution is 2.28. The molecule has 5 nitrogen and oxygen atoms in total. The van der Waals surface area contributed by atoms with E-state index in [9.17, 15) is 4.79 Å². The third-order valence-electron chi connectivity index (χ3n) is 5.06. The Bertz CT molecular complexity index is 973. The molecule has 2 aromatic heterocycles. The minimum atomic E-state index is 0.181. The summed E-state index contributed by atoms with van der Waals surface area (Å²) in [6.07, 6.45) is 2.13. The molecule has 0 saturated heterocycles. The number of aromatic nitrogens is 3. The lowest BCUT2D eigenvalue weighted by Crippen LogP contribution is -2.29. The summed E-state index contributed by atoms with van der Waals surface area (Å²) >= 11 is 0. The number of aryl methyl sites for hydroxylation is 3. The molecule has 25 heavy (non-hydrogen) atoms. The summed E-state index contributed by atoms with van der Waals surface area (Å²) in [5.41, 5.74) is 7.34. The first-order chi connectivity index (χ1) is 12.0. The van der Waals surface area contributed by atoms with Crippen molar-refractivity contribution < 1.29 is 4.79 Å². The zero-order valence-electron chi connectivity index (χ0n) is 14.9. The van der Waals surface area contributed by atoms with E-state index in [1.165, 1.54) is 5.56 Å². The first-order valence-electron chi connectivity index (χ1n) is 8.75. The molecule has 0 saturated carbocycles. The van der Waals surface area contributed by atoms with Crippen molar-refractivity contribution in [3.8, 4) is 0 Å². The van der Waals surface area contributed by atoms with Gasteiger partial charge in [-0.25, -0.2) is 9.50 Å². The number of hydrogen-bond donors (Lipinski definition) is 0. The number of anilines is 1. The topological polar surface area (TPSA) is 50.5 Å². The molecule has 128 valence electrons. The third-order valence-corrected chi connectivity index (χ3v) is 5.06. The van der Waals surface area contributed by atoms with E-state index in [-0.39, 0.29) is 5.91 Å². The Hall–Kier alpha value is -2.69. The Morgan fingerprint density at radius 1 is 1.20 bits per heavy atom. The quantitative estimate of drug-likeness (QED) is 0.739. The molecular weight excluding hydrogens is 312 g/mol. The summed E-state index contributed by atoms with van der Waals surface area (Å²) in [4.78, 5) is 19.3. The standard InChI is InChI=1S/C20H22N4O/c1-13-12-19-21-14(2)17(15(3)24(19)22-13)8-9-20(25)23-11-10-16-6-4-5-7-18(16)23/h4-7,12H,8-11H2,1-3H3. The van der Waals surface area contributed by atoms with Gasteiger partial charge >= 0.3 is 0 Å². The van der Waals surface area contributed by atoms with E-state index < -0.39 is 0 Å². The van der Waals surface area contributed by atoms with Crippen LogP contribution in [0.1, 0.15) is 34.6 Å². The molecule has 0 unspecified atom stereocenters. The zero-order valence-corrected chi connectivity index (χ0v) is 14.9. The van der Waals surface area contributed by atoms with Crippen LogP contribution in [0.3, 0.4) is 0 Å². The molecule has 1 aromatic carbocycles. The van der Waals surface area contributed by atoms with E-state index in [1.807, 2.05) is 47.5 Å². The van der Waals surface area contributed by atoms with Gasteiger partial charge in [0.15, 0.2) is 5.65 Å². The maximum absolute atomic E-state index is 12.8. The number of hydrogen-bond acceptors (Lipinski definition) is 3. The smallest absolute Gasteiger partial charge is 0.227 e. The van der Waals surface area contributed by atoms with Crippen LogP contribution in [0.25, 0.3) is 5.65 Å². The summed E-state index contributed by atoms with van der Waals surface area (Å²) in [5, 5.41) is 4.51. The van der Waals surface area contributed by atoms with Gasteiger partial charge in [0, 0.05) is 36.1 Å². The molecule has 3 aromatic rings. The summed E-state index contributed by atoms with van der Waals surface area (Å²) in [6.45, 7) is 6.82. The van der Waals surface area contributed by atoms with Crippen molar-refractivity contribution in [1.82, 2.24) is 14.6 Å². The second-order valence-electron chi connectivity index (χ2n) is 6.74. The molecule has 1 aliphatic rings. The maximum atomic E-state index is 12.8. The Kier molecular flexibility index (Phi) is 3.79. The highest BCUT2D eigenvalue weighted by Gasteiger charge is 2.24. The number of benzene rings is 1. The van der Waals surface area contributed by atoms with Crippen LogP contribution in [0, 0.1) is 20.8 Å².